The zero-order valence-corrected chi connectivity index (χ0v) is 14.1. The van der Waals surface area contributed by atoms with Gasteiger partial charge in [0, 0.05) is 18.0 Å². The monoisotopic (exact) mass is 339 g/mol. The molecule has 0 saturated heterocycles. The number of nitrogens with zero attached hydrogens (tertiary/aromatic N) is 2. The Morgan fingerprint density at radius 2 is 1.96 bits per heavy atom. The molecule has 0 atom stereocenters. The van der Waals surface area contributed by atoms with Crippen LogP contribution in [0.2, 0.25) is 0 Å². The Morgan fingerprint density at radius 3 is 2.68 bits per heavy atom. The van der Waals surface area contributed by atoms with Gasteiger partial charge in [-0.15, -0.1) is 0 Å². The number of carbonyl (C=O) groups excluding carboxylic acids is 1. The van der Waals surface area contributed by atoms with Crippen LogP contribution in [0.1, 0.15) is 41.6 Å². The second kappa shape index (κ2) is 8.28. The molecule has 6 nitrogen and oxygen atoms in total. The SMILES string of the molecule is COc1ccc(/C=N/NC(=O)c2ccncc2)cc1OC1CCCC1. The molecule has 1 N–H and O–H groups in total. The van der Waals surface area contributed by atoms with Gasteiger partial charge in [-0.1, -0.05) is 0 Å². The van der Waals surface area contributed by atoms with Crippen LogP contribution in [0.3, 0.4) is 0 Å². The molecule has 0 spiro atoms. The van der Waals surface area contributed by atoms with Crippen LogP contribution in [-0.2, 0) is 0 Å². The number of methoxy groups -OCH3 is 1. The zero-order valence-electron chi connectivity index (χ0n) is 14.1. The van der Waals surface area contributed by atoms with Crippen LogP contribution in [0.25, 0.3) is 0 Å². The minimum Gasteiger partial charge on any atom is -0.493 e. The summed E-state index contributed by atoms with van der Waals surface area (Å²) in [6.45, 7) is 0. The van der Waals surface area contributed by atoms with Crippen molar-refractivity contribution < 1.29 is 14.3 Å². The predicted molar refractivity (Wildman–Crippen MR) is 95.2 cm³/mol. The number of pyridine rings is 1. The first-order chi connectivity index (χ1) is 12.3. The molecule has 2 aromatic rings. The maximum absolute atomic E-state index is 11.9. The van der Waals surface area contributed by atoms with E-state index in [1.54, 1.807) is 37.9 Å². The van der Waals surface area contributed by atoms with Gasteiger partial charge in [0.15, 0.2) is 11.5 Å². The summed E-state index contributed by atoms with van der Waals surface area (Å²) in [6, 6.07) is 8.84. The van der Waals surface area contributed by atoms with E-state index >= 15 is 0 Å². The van der Waals surface area contributed by atoms with Crippen molar-refractivity contribution in [1.82, 2.24) is 10.4 Å². The fourth-order valence-electron chi connectivity index (χ4n) is 2.78. The number of hydrogen-bond acceptors (Lipinski definition) is 5. The lowest BCUT2D eigenvalue weighted by atomic mass is 10.2. The first-order valence-electron chi connectivity index (χ1n) is 8.34. The minimum atomic E-state index is -0.283. The molecule has 0 radical (unpaired) electrons. The number of benzene rings is 1. The van der Waals surface area contributed by atoms with E-state index in [0.29, 0.717) is 17.1 Å². The van der Waals surface area contributed by atoms with E-state index in [9.17, 15) is 4.79 Å². The maximum atomic E-state index is 11.9. The Balaban J connectivity index is 1.66. The van der Waals surface area contributed by atoms with Gasteiger partial charge in [0.1, 0.15) is 0 Å². The van der Waals surface area contributed by atoms with Crippen LogP contribution >= 0.6 is 0 Å². The topological polar surface area (TPSA) is 72.8 Å². The molecule has 6 heteroatoms. The molecule has 1 fully saturated rings. The van der Waals surface area contributed by atoms with Gasteiger partial charge in [0.05, 0.1) is 19.4 Å². The summed E-state index contributed by atoms with van der Waals surface area (Å²) < 4.78 is 11.4. The van der Waals surface area contributed by atoms with Gasteiger partial charge in [-0.3, -0.25) is 9.78 Å². The molecule has 1 aliphatic rings. The van der Waals surface area contributed by atoms with Gasteiger partial charge in [0.2, 0.25) is 0 Å². The first kappa shape index (κ1) is 17.0. The summed E-state index contributed by atoms with van der Waals surface area (Å²) in [6.07, 6.45) is 9.51. The number of amides is 1. The Hall–Kier alpha value is -2.89. The summed E-state index contributed by atoms with van der Waals surface area (Å²) in [5.74, 6) is 1.12. The lowest BCUT2D eigenvalue weighted by molar-refractivity contribution is 0.0955. The number of nitrogens with one attached hydrogen (secondary N) is 1. The Labute approximate surface area is 146 Å². The Kier molecular flexibility index (Phi) is 5.61. The molecule has 1 aromatic heterocycles. The van der Waals surface area contributed by atoms with E-state index in [4.69, 9.17) is 9.47 Å². The summed E-state index contributed by atoms with van der Waals surface area (Å²) in [7, 11) is 1.62. The van der Waals surface area contributed by atoms with Crippen molar-refractivity contribution in [3.63, 3.8) is 0 Å². The van der Waals surface area contributed by atoms with Crippen LogP contribution in [-0.4, -0.2) is 30.3 Å². The van der Waals surface area contributed by atoms with Crippen LogP contribution in [0, 0.1) is 0 Å². The standard InChI is InChI=1S/C19H21N3O3/c1-24-17-7-6-14(12-18(17)25-16-4-2-3-5-16)13-21-22-19(23)15-8-10-20-11-9-15/h6-13,16H,2-5H2,1H3,(H,22,23)/b21-13+. The Bertz CT molecular complexity index is 741. The van der Waals surface area contributed by atoms with Crippen LogP contribution < -0.4 is 14.9 Å². The Morgan fingerprint density at radius 1 is 1.20 bits per heavy atom. The molecular formula is C19H21N3O3. The average molecular weight is 339 g/mol. The normalized spacial score (nSPS) is 14.6. The third-order valence-electron chi connectivity index (χ3n) is 4.11. The van der Waals surface area contributed by atoms with Crippen molar-refractivity contribution in [3.05, 3.63) is 53.9 Å². The van der Waals surface area contributed by atoms with Gasteiger partial charge in [-0.2, -0.15) is 5.10 Å². The van der Waals surface area contributed by atoms with Gasteiger partial charge in [0.25, 0.3) is 5.91 Å². The van der Waals surface area contributed by atoms with E-state index in [1.165, 1.54) is 12.8 Å². The molecule has 25 heavy (non-hydrogen) atoms. The van der Waals surface area contributed by atoms with E-state index < -0.39 is 0 Å². The highest BCUT2D eigenvalue weighted by molar-refractivity contribution is 5.94. The number of ether oxygens (including phenoxy) is 2. The van der Waals surface area contributed by atoms with E-state index in [1.807, 2.05) is 18.2 Å². The lowest BCUT2D eigenvalue weighted by Gasteiger charge is -2.16. The highest BCUT2D eigenvalue weighted by Gasteiger charge is 2.18. The summed E-state index contributed by atoms with van der Waals surface area (Å²) in [5.41, 5.74) is 3.83. The molecule has 3 rings (SSSR count). The van der Waals surface area contributed by atoms with E-state index in [-0.39, 0.29) is 12.0 Å². The maximum Gasteiger partial charge on any atom is 0.271 e. The molecule has 0 unspecified atom stereocenters. The zero-order chi connectivity index (χ0) is 17.5. The minimum absolute atomic E-state index is 0.243. The van der Waals surface area contributed by atoms with Crippen molar-refractivity contribution in [2.75, 3.05) is 7.11 Å². The quantitative estimate of drug-likeness (QED) is 0.648. The van der Waals surface area contributed by atoms with Gasteiger partial charge < -0.3 is 9.47 Å². The molecular weight excluding hydrogens is 318 g/mol. The van der Waals surface area contributed by atoms with Crippen molar-refractivity contribution in [1.29, 1.82) is 0 Å². The van der Waals surface area contributed by atoms with E-state index in [2.05, 4.69) is 15.5 Å². The smallest absolute Gasteiger partial charge is 0.271 e. The molecule has 1 amide bonds. The largest absolute Gasteiger partial charge is 0.493 e. The number of aromatic nitrogens is 1. The van der Waals surface area contributed by atoms with Crippen molar-refractivity contribution in [2.24, 2.45) is 5.10 Å². The molecule has 1 aromatic carbocycles. The second-order valence-corrected chi connectivity index (χ2v) is 5.87. The van der Waals surface area contributed by atoms with Gasteiger partial charge >= 0.3 is 0 Å². The molecule has 0 bridgehead atoms. The average Bonchev–Trinajstić information content (AvgIpc) is 3.16. The summed E-state index contributed by atoms with van der Waals surface area (Å²) in [5, 5.41) is 4.01. The molecule has 1 saturated carbocycles. The predicted octanol–water partition coefficient (Wildman–Crippen LogP) is 3.18. The number of hydrazone groups is 1. The van der Waals surface area contributed by atoms with E-state index in [0.717, 1.165) is 18.4 Å². The van der Waals surface area contributed by atoms with Gasteiger partial charge in [-0.25, -0.2) is 5.43 Å². The van der Waals surface area contributed by atoms with Gasteiger partial charge in [-0.05, 0) is 61.6 Å². The summed E-state index contributed by atoms with van der Waals surface area (Å²) >= 11 is 0. The van der Waals surface area contributed by atoms with Crippen LogP contribution in [0.5, 0.6) is 11.5 Å². The second-order valence-electron chi connectivity index (χ2n) is 5.87. The number of carbonyl (C=O) groups is 1. The first-order valence-corrected chi connectivity index (χ1v) is 8.34. The fourth-order valence-corrected chi connectivity index (χ4v) is 2.78. The third kappa shape index (κ3) is 4.56. The van der Waals surface area contributed by atoms with Crippen LogP contribution in [0.4, 0.5) is 0 Å². The van der Waals surface area contributed by atoms with Crippen molar-refractivity contribution >= 4 is 12.1 Å². The highest BCUT2D eigenvalue weighted by atomic mass is 16.5. The third-order valence-corrected chi connectivity index (χ3v) is 4.11. The summed E-state index contributed by atoms with van der Waals surface area (Å²) in [4.78, 5) is 15.8. The molecule has 130 valence electrons. The lowest BCUT2D eigenvalue weighted by Crippen LogP contribution is -2.17. The molecule has 1 heterocycles. The van der Waals surface area contributed by atoms with Crippen molar-refractivity contribution in [2.45, 2.75) is 31.8 Å². The fraction of sp³-hybridized carbons (Fsp3) is 0.316. The number of rotatable bonds is 6. The molecule has 1 aliphatic carbocycles. The highest BCUT2D eigenvalue weighted by Crippen LogP contribution is 2.32. The number of hydrogen-bond donors (Lipinski definition) is 1. The molecule has 0 aliphatic heterocycles. The van der Waals surface area contributed by atoms with Crippen molar-refractivity contribution in [3.8, 4) is 11.5 Å². The van der Waals surface area contributed by atoms with Crippen LogP contribution in [0.15, 0.2) is 47.8 Å².